The number of benzene rings is 1. The Morgan fingerprint density at radius 3 is 2.68 bits per heavy atom. The van der Waals surface area contributed by atoms with E-state index >= 15 is 0 Å². The Hall–Kier alpha value is -0.740. The lowest BCUT2D eigenvalue weighted by molar-refractivity contribution is 0.185. The van der Waals surface area contributed by atoms with Crippen molar-refractivity contribution < 1.29 is 4.74 Å². The Morgan fingerprint density at radius 2 is 2.05 bits per heavy atom. The topological polar surface area (TPSA) is 21.3 Å². The predicted octanol–water partition coefficient (Wildman–Crippen LogP) is 5.37. The van der Waals surface area contributed by atoms with E-state index in [1.807, 2.05) is 30.3 Å². The summed E-state index contributed by atoms with van der Waals surface area (Å²) >= 11 is 13.5. The van der Waals surface area contributed by atoms with Crippen molar-refractivity contribution in [2.45, 2.75) is 19.6 Å². The van der Waals surface area contributed by atoms with Gasteiger partial charge in [-0.1, -0.05) is 41.4 Å². The molecule has 1 aromatic carbocycles. The van der Waals surface area contributed by atoms with Gasteiger partial charge in [0.25, 0.3) is 0 Å². The van der Waals surface area contributed by atoms with Crippen LogP contribution in [0.25, 0.3) is 0 Å². The van der Waals surface area contributed by atoms with Crippen LogP contribution in [-0.4, -0.2) is 7.11 Å². The number of anilines is 1. The van der Waals surface area contributed by atoms with Crippen molar-refractivity contribution in [2.75, 3.05) is 12.4 Å². The third kappa shape index (κ3) is 3.63. The smallest absolute Gasteiger partial charge is 0.0996 e. The van der Waals surface area contributed by atoms with E-state index < -0.39 is 0 Å². The zero-order chi connectivity index (χ0) is 13.8. The SMILES string of the molecule is COCc1ccccc1NC(C)c1cc(Cl)sc1Cl. The second-order valence-electron chi connectivity index (χ2n) is 4.24. The monoisotopic (exact) mass is 315 g/mol. The first-order chi connectivity index (χ1) is 9.11. The molecule has 0 aliphatic heterocycles. The van der Waals surface area contributed by atoms with Crippen LogP contribution >= 0.6 is 34.5 Å². The van der Waals surface area contributed by atoms with Gasteiger partial charge in [-0.3, -0.25) is 0 Å². The van der Waals surface area contributed by atoms with Gasteiger partial charge in [-0.15, -0.1) is 11.3 Å². The van der Waals surface area contributed by atoms with Crippen LogP contribution in [0.5, 0.6) is 0 Å². The molecule has 0 spiro atoms. The van der Waals surface area contributed by atoms with E-state index in [1.54, 1.807) is 7.11 Å². The third-order valence-electron chi connectivity index (χ3n) is 2.84. The number of rotatable bonds is 5. The lowest BCUT2D eigenvalue weighted by Crippen LogP contribution is -2.08. The molecule has 1 unspecified atom stereocenters. The van der Waals surface area contributed by atoms with Gasteiger partial charge in [-0.25, -0.2) is 0 Å². The van der Waals surface area contributed by atoms with Crippen LogP contribution in [0, 0.1) is 0 Å². The van der Waals surface area contributed by atoms with Gasteiger partial charge < -0.3 is 10.1 Å². The third-order valence-corrected chi connectivity index (χ3v) is 4.36. The standard InChI is InChI=1S/C14H15Cl2NOS/c1-9(11-7-13(15)19-14(11)16)17-12-6-4-3-5-10(12)8-18-2/h3-7,9,17H,8H2,1-2H3. The van der Waals surface area contributed by atoms with E-state index in [9.17, 15) is 0 Å². The van der Waals surface area contributed by atoms with E-state index in [-0.39, 0.29) is 6.04 Å². The Morgan fingerprint density at radius 1 is 1.32 bits per heavy atom. The quantitative estimate of drug-likeness (QED) is 0.800. The molecule has 0 amide bonds. The minimum absolute atomic E-state index is 0.0919. The van der Waals surface area contributed by atoms with Crippen molar-refractivity contribution in [1.82, 2.24) is 0 Å². The molecule has 1 heterocycles. The number of hydrogen-bond acceptors (Lipinski definition) is 3. The molecule has 0 radical (unpaired) electrons. The summed E-state index contributed by atoms with van der Waals surface area (Å²) in [6.45, 7) is 2.64. The van der Waals surface area contributed by atoms with Crippen molar-refractivity contribution in [1.29, 1.82) is 0 Å². The number of halogens is 2. The molecule has 1 aromatic heterocycles. The van der Waals surface area contributed by atoms with Crippen LogP contribution in [-0.2, 0) is 11.3 Å². The first-order valence-electron chi connectivity index (χ1n) is 5.90. The first kappa shape index (κ1) is 14.7. The summed E-state index contributed by atoms with van der Waals surface area (Å²) in [6.07, 6.45) is 0. The fourth-order valence-electron chi connectivity index (χ4n) is 1.90. The molecule has 0 aliphatic rings. The van der Waals surface area contributed by atoms with Crippen LogP contribution in [0.4, 0.5) is 5.69 Å². The van der Waals surface area contributed by atoms with Gasteiger partial charge in [0.15, 0.2) is 0 Å². The minimum Gasteiger partial charge on any atom is -0.380 e. The average molecular weight is 316 g/mol. The summed E-state index contributed by atoms with van der Waals surface area (Å²) in [5, 5.41) is 3.45. The van der Waals surface area contributed by atoms with Crippen molar-refractivity contribution in [2.24, 2.45) is 0 Å². The summed E-state index contributed by atoms with van der Waals surface area (Å²) in [7, 11) is 1.69. The molecule has 0 saturated carbocycles. The molecular formula is C14H15Cl2NOS. The molecule has 1 N–H and O–H groups in total. The number of thiophene rings is 1. The number of hydrogen-bond donors (Lipinski definition) is 1. The molecular weight excluding hydrogens is 301 g/mol. The summed E-state index contributed by atoms with van der Waals surface area (Å²) in [5.41, 5.74) is 3.19. The maximum Gasteiger partial charge on any atom is 0.0996 e. The van der Waals surface area contributed by atoms with Crippen LogP contribution in [0.3, 0.4) is 0 Å². The largest absolute Gasteiger partial charge is 0.380 e. The predicted molar refractivity (Wildman–Crippen MR) is 83.5 cm³/mol. The van der Waals surface area contributed by atoms with E-state index in [0.29, 0.717) is 10.9 Å². The van der Waals surface area contributed by atoms with Gasteiger partial charge in [0.05, 0.1) is 21.3 Å². The fourth-order valence-corrected chi connectivity index (χ4v) is 3.55. The Balaban J connectivity index is 2.19. The molecule has 0 aliphatic carbocycles. The lowest BCUT2D eigenvalue weighted by Gasteiger charge is -2.17. The summed E-state index contributed by atoms with van der Waals surface area (Å²) in [5.74, 6) is 0. The van der Waals surface area contributed by atoms with Crippen molar-refractivity contribution >= 4 is 40.2 Å². The van der Waals surface area contributed by atoms with Crippen molar-refractivity contribution in [3.05, 3.63) is 50.1 Å². The number of para-hydroxylation sites is 1. The highest BCUT2D eigenvalue weighted by atomic mass is 35.5. The van der Waals surface area contributed by atoms with Crippen LogP contribution in [0.2, 0.25) is 8.67 Å². The van der Waals surface area contributed by atoms with Gasteiger partial charge in [-0.05, 0) is 19.1 Å². The zero-order valence-corrected chi connectivity index (χ0v) is 13.1. The number of nitrogens with one attached hydrogen (secondary N) is 1. The van der Waals surface area contributed by atoms with Gasteiger partial charge in [0.2, 0.25) is 0 Å². The van der Waals surface area contributed by atoms with Crippen molar-refractivity contribution in [3.63, 3.8) is 0 Å². The maximum absolute atomic E-state index is 6.18. The van der Waals surface area contributed by atoms with Gasteiger partial charge >= 0.3 is 0 Å². The molecule has 0 fully saturated rings. The average Bonchev–Trinajstić information content (AvgIpc) is 2.71. The molecule has 2 nitrogen and oxygen atoms in total. The van der Waals surface area contributed by atoms with Crippen LogP contribution in [0.1, 0.15) is 24.1 Å². The van der Waals surface area contributed by atoms with E-state index in [1.165, 1.54) is 11.3 Å². The van der Waals surface area contributed by atoms with Crippen molar-refractivity contribution in [3.8, 4) is 0 Å². The summed E-state index contributed by atoms with van der Waals surface area (Å²) < 4.78 is 6.64. The Labute approximate surface area is 127 Å². The molecule has 0 bridgehead atoms. The normalized spacial score (nSPS) is 12.4. The van der Waals surface area contributed by atoms with E-state index in [4.69, 9.17) is 27.9 Å². The minimum atomic E-state index is 0.0919. The first-order valence-corrected chi connectivity index (χ1v) is 7.47. The number of methoxy groups -OCH3 is 1. The highest BCUT2D eigenvalue weighted by molar-refractivity contribution is 7.20. The van der Waals surface area contributed by atoms with E-state index in [2.05, 4.69) is 12.2 Å². The molecule has 1 atom stereocenters. The molecule has 5 heteroatoms. The molecule has 0 saturated heterocycles. The highest BCUT2D eigenvalue weighted by Crippen LogP contribution is 2.36. The van der Waals surface area contributed by atoms with Crippen LogP contribution in [0.15, 0.2) is 30.3 Å². The highest BCUT2D eigenvalue weighted by Gasteiger charge is 2.14. The second-order valence-corrected chi connectivity index (χ2v) is 6.52. The summed E-state index contributed by atoms with van der Waals surface area (Å²) in [6, 6.07) is 10.1. The zero-order valence-electron chi connectivity index (χ0n) is 10.7. The van der Waals surface area contributed by atoms with E-state index in [0.717, 1.165) is 21.2 Å². The van der Waals surface area contributed by atoms with Gasteiger partial charge in [0.1, 0.15) is 0 Å². The van der Waals surface area contributed by atoms with Gasteiger partial charge in [-0.2, -0.15) is 0 Å². The molecule has 19 heavy (non-hydrogen) atoms. The maximum atomic E-state index is 6.18. The summed E-state index contributed by atoms with van der Waals surface area (Å²) in [4.78, 5) is 0. The van der Waals surface area contributed by atoms with Crippen LogP contribution < -0.4 is 5.32 Å². The van der Waals surface area contributed by atoms with Gasteiger partial charge in [0, 0.05) is 23.9 Å². The lowest BCUT2D eigenvalue weighted by atomic mass is 10.1. The molecule has 2 rings (SSSR count). The Kier molecular flexibility index (Phi) is 5.11. The second kappa shape index (κ2) is 6.62. The Bertz CT molecular complexity index is 556. The molecule has 2 aromatic rings. The fraction of sp³-hybridized carbons (Fsp3) is 0.286. The number of ether oxygens (including phenoxy) is 1. The molecule has 102 valence electrons.